The number of phenolic OH excluding ortho intramolecular Hbond substituents is 1. The van der Waals surface area contributed by atoms with Gasteiger partial charge in [-0.25, -0.2) is 16.8 Å². The van der Waals surface area contributed by atoms with Crippen LogP contribution in [0, 0.1) is 6.92 Å². The lowest BCUT2D eigenvalue weighted by atomic mass is 10.2. The molecular formula is C12H17NO5S2. The third-order valence-corrected chi connectivity index (χ3v) is 6.91. The van der Waals surface area contributed by atoms with Gasteiger partial charge in [-0.15, -0.1) is 0 Å². The van der Waals surface area contributed by atoms with Gasteiger partial charge in [-0.2, -0.15) is 0 Å². The van der Waals surface area contributed by atoms with Crippen LogP contribution in [0.5, 0.6) is 5.75 Å². The summed E-state index contributed by atoms with van der Waals surface area (Å²) in [5, 5.41) is 8.97. The molecule has 1 aliphatic rings. The Hall–Kier alpha value is -1.28. The number of sulfonamides is 1. The van der Waals surface area contributed by atoms with Crippen molar-refractivity contribution in [2.24, 2.45) is 0 Å². The average Bonchev–Trinajstić information content (AvgIpc) is 2.32. The first-order valence-electron chi connectivity index (χ1n) is 6.21. The fraction of sp³-hybridized carbons (Fsp3) is 0.500. The Kier molecular flexibility index (Phi) is 3.97. The second-order valence-corrected chi connectivity index (χ2v) is 9.28. The Morgan fingerprint density at radius 3 is 2.40 bits per heavy atom. The van der Waals surface area contributed by atoms with Crippen LogP contribution in [-0.2, 0) is 19.9 Å². The van der Waals surface area contributed by atoms with E-state index in [1.54, 1.807) is 13.0 Å². The zero-order valence-corrected chi connectivity index (χ0v) is 12.7. The molecule has 0 aliphatic carbocycles. The standard InChI is InChI=1S/C12H17NO5S2/c1-9-2-3-11(12(14)8-9)13-20(17,18)10-4-6-19(15,16)7-5-10/h2-3,8,10,13-14H,4-7H2,1H3. The van der Waals surface area contributed by atoms with Crippen LogP contribution in [0.4, 0.5) is 5.69 Å². The van der Waals surface area contributed by atoms with Gasteiger partial charge in [0.25, 0.3) is 0 Å². The van der Waals surface area contributed by atoms with Crippen molar-refractivity contribution in [3.05, 3.63) is 23.8 Å². The van der Waals surface area contributed by atoms with Gasteiger partial charge in [-0.05, 0) is 37.5 Å². The van der Waals surface area contributed by atoms with Gasteiger partial charge in [0.15, 0.2) is 0 Å². The number of aromatic hydroxyl groups is 1. The van der Waals surface area contributed by atoms with Crippen LogP contribution in [-0.4, -0.2) is 38.7 Å². The molecule has 6 nitrogen and oxygen atoms in total. The van der Waals surface area contributed by atoms with Crippen molar-refractivity contribution in [1.82, 2.24) is 0 Å². The Morgan fingerprint density at radius 2 is 1.85 bits per heavy atom. The number of anilines is 1. The molecular weight excluding hydrogens is 302 g/mol. The Labute approximate surface area is 118 Å². The third-order valence-electron chi connectivity index (χ3n) is 3.35. The van der Waals surface area contributed by atoms with E-state index in [1.807, 2.05) is 0 Å². The average molecular weight is 319 g/mol. The molecule has 0 aromatic heterocycles. The molecule has 0 atom stereocenters. The fourth-order valence-corrected chi connectivity index (χ4v) is 5.44. The summed E-state index contributed by atoms with van der Waals surface area (Å²) in [6.45, 7) is 1.78. The molecule has 0 radical (unpaired) electrons. The summed E-state index contributed by atoms with van der Waals surface area (Å²) in [7, 11) is -6.80. The first kappa shape index (κ1) is 15.1. The molecule has 1 aromatic carbocycles. The van der Waals surface area contributed by atoms with E-state index < -0.39 is 25.1 Å². The maximum atomic E-state index is 12.2. The summed E-state index contributed by atoms with van der Waals surface area (Å²) >= 11 is 0. The van der Waals surface area contributed by atoms with Crippen LogP contribution in [0.25, 0.3) is 0 Å². The van der Waals surface area contributed by atoms with Crippen molar-refractivity contribution < 1.29 is 21.9 Å². The highest BCUT2D eigenvalue weighted by atomic mass is 32.2. The van der Waals surface area contributed by atoms with Gasteiger partial charge in [0.2, 0.25) is 10.0 Å². The summed E-state index contributed by atoms with van der Waals surface area (Å²) in [6, 6.07) is 4.63. The molecule has 1 fully saturated rings. The second-order valence-electron chi connectivity index (χ2n) is 5.02. The molecule has 1 aromatic rings. The largest absolute Gasteiger partial charge is 0.506 e. The van der Waals surface area contributed by atoms with Gasteiger partial charge in [0.05, 0.1) is 22.4 Å². The highest BCUT2D eigenvalue weighted by Gasteiger charge is 2.33. The minimum Gasteiger partial charge on any atom is -0.506 e. The van der Waals surface area contributed by atoms with Gasteiger partial charge >= 0.3 is 0 Å². The molecule has 1 aliphatic heterocycles. The van der Waals surface area contributed by atoms with E-state index in [0.717, 1.165) is 5.56 Å². The van der Waals surface area contributed by atoms with Gasteiger partial charge < -0.3 is 5.11 Å². The first-order chi connectivity index (χ1) is 9.20. The number of aryl methyl sites for hydroxylation is 1. The lowest BCUT2D eigenvalue weighted by molar-refractivity contribution is 0.477. The highest BCUT2D eigenvalue weighted by molar-refractivity contribution is 7.94. The molecule has 8 heteroatoms. The SMILES string of the molecule is Cc1ccc(NS(=O)(=O)C2CCS(=O)(=O)CC2)c(O)c1. The summed E-state index contributed by atoms with van der Waals surface area (Å²) < 4.78 is 49.3. The molecule has 0 saturated carbocycles. The lowest BCUT2D eigenvalue weighted by Crippen LogP contribution is -2.36. The van der Waals surface area contributed by atoms with Gasteiger partial charge in [-0.1, -0.05) is 6.07 Å². The maximum Gasteiger partial charge on any atom is 0.235 e. The normalized spacial score (nSPS) is 19.6. The summed E-state index contributed by atoms with van der Waals surface area (Å²) in [5.41, 5.74) is 0.929. The van der Waals surface area contributed by atoms with Gasteiger partial charge in [-0.3, -0.25) is 4.72 Å². The van der Waals surface area contributed by atoms with Crippen LogP contribution in [0.3, 0.4) is 0 Å². The predicted molar refractivity (Wildman–Crippen MR) is 77.1 cm³/mol. The number of sulfone groups is 1. The van der Waals surface area contributed by atoms with Crippen LogP contribution in [0.15, 0.2) is 18.2 Å². The van der Waals surface area contributed by atoms with Crippen molar-refractivity contribution >= 4 is 25.5 Å². The smallest absolute Gasteiger partial charge is 0.235 e. The number of benzene rings is 1. The van der Waals surface area contributed by atoms with Crippen LogP contribution in [0.2, 0.25) is 0 Å². The van der Waals surface area contributed by atoms with Crippen molar-refractivity contribution in [2.75, 3.05) is 16.2 Å². The number of hydrogen-bond donors (Lipinski definition) is 2. The summed E-state index contributed by atoms with van der Waals surface area (Å²) in [5.74, 6) is -0.367. The zero-order chi connectivity index (χ0) is 15.0. The number of phenols is 1. The van der Waals surface area contributed by atoms with E-state index in [9.17, 15) is 21.9 Å². The Bertz CT molecular complexity index is 695. The Morgan fingerprint density at radius 1 is 1.25 bits per heavy atom. The van der Waals surface area contributed by atoms with E-state index in [1.165, 1.54) is 12.1 Å². The van der Waals surface area contributed by atoms with E-state index in [2.05, 4.69) is 4.72 Å². The molecule has 0 amide bonds. The van der Waals surface area contributed by atoms with Crippen molar-refractivity contribution in [2.45, 2.75) is 25.0 Å². The van der Waals surface area contributed by atoms with Crippen molar-refractivity contribution in [3.8, 4) is 5.75 Å². The van der Waals surface area contributed by atoms with E-state index in [0.29, 0.717) is 0 Å². The van der Waals surface area contributed by atoms with Gasteiger partial charge in [0.1, 0.15) is 15.6 Å². The zero-order valence-electron chi connectivity index (χ0n) is 11.0. The second kappa shape index (κ2) is 5.25. The predicted octanol–water partition coefficient (Wildman–Crippen LogP) is 1.02. The first-order valence-corrected chi connectivity index (χ1v) is 9.58. The molecule has 1 heterocycles. The monoisotopic (exact) mass is 319 g/mol. The molecule has 2 rings (SSSR count). The summed E-state index contributed by atoms with van der Waals surface area (Å²) in [4.78, 5) is 0. The minimum absolute atomic E-state index is 0.0876. The lowest BCUT2D eigenvalue weighted by Gasteiger charge is -2.22. The number of hydrogen-bond acceptors (Lipinski definition) is 5. The highest BCUT2D eigenvalue weighted by Crippen LogP contribution is 2.28. The molecule has 20 heavy (non-hydrogen) atoms. The number of nitrogens with one attached hydrogen (secondary N) is 1. The summed E-state index contributed by atoms with van der Waals surface area (Å²) in [6.07, 6.45) is 0.175. The van der Waals surface area contributed by atoms with Crippen molar-refractivity contribution in [1.29, 1.82) is 0 Å². The molecule has 0 spiro atoms. The molecule has 2 N–H and O–H groups in total. The molecule has 1 saturated heterocycles. The molecule has 112 valence electrons. The molecule has 0 bridgehead atoms. The van der Waals surface area contributed by atoms with Crippen molar-refractivity contribution in [3.63, 3.8) is 0 Å². The quantitative estimate of drug-likeness (QED) is 0.810. The van der Waals surface area contributed by atoms with Gasteiger partial charge in [0, 0.05) is 0 Å². The van der Waals surface area contributed by atoms with Crippen LogP contribution >= 0.6 is 0 Å². The third kappa shape index (κ3) is 3.43. The van der Waals surface area contributed by atoms with Crippen LogP contribution in [0.1, 0.15) is 18.4 Å². The van der Waals surface area contributed by atoms with E-state index in [4.69, 9.17) is 0 Å². The minimum atomic E-state index is -3.70. The van der Waals surface area contributed by atoms with E-state index >= 15 is 0 Å². The topological polar surface area (TPSA) is 101 Å². The Balaban J connectivity index is 2.16. The van der Waals surface area contributed by atoms with Crippen LogP contribution < -0.4 is 4.72 Å². The maximum absolute atomic E-state index is 12.2. The number of rotatable bonds is 3. The van der Waals surface area contributed by atoms with E-state index in [-0.39, 0.29) is 35.8 Å². The fourth-order valence-electron chi connectivity index (χ4n) is 2.14. The molecule has 0 unspecified atom stereocenters.